The summed E-state index contributed by atoms with van der Waals surface area (Å²) in [4.78, 5) is 0. The molecule has 0 nitrogen and oxygen atoms in total. The Labute approximate surface area is 175 Å². The minimum Gasteiger partial charge on any atom is -0.0683 e. The molecule has 0 bridgehead atoms. The summed E-state index contributed by atoms with van der Waals surface area (Å²) in [5, 5.41) is 0. The van der Waals surface area contributed by atoms with E-state index >= 15 is 0 Å². The maximum absolute atomic E-state index is 2.29. The Morgan fingerprint density at radius 1 is 0.593 bits per heavy atom. The lowest BCUT2D eigenvalue weighted by Gasteiger charge is -2.28. The van der Waals surface area contributed by atoms with Crippen molar-refractivity contribution in [2.75, 3.05) is 0 Å². The van der Waals surface area contributed by atoms with Gasteiger partial charge in [-0.25, -0.2) is 0 Å². The topological polar surface area (TPSA) is 0 Å². The first kappa shape index (κ1) is 33.8. The smallest absolute Gasteiger partial charge is 0.0378 e. The van der Waals surface area contributed by atoms with Crippen molar-refractivity contribution in [3.63, 3.8) is 0 Å². The van der Waals surface area contributed by atoms with Crippen molar-refractivity contribution in [3.05, 3.63) is 35.4 Å². The van der Waals surface area contributed by atoms with Gasteiger partial charge in [-0.15, -0.1) is 0 Å². The van der Waals surface area contributed by atoms with Crippen LogP contribution in [-0.2, 0) is 0 Å². The monoisotopic (exact) mass is 380 g/mol. The first-order valence-electron chi connectivity index (χ1n) is 11.2. The second-order valence-electron chi connectivity index (χ2n) is 9.87. The van der Waals surface area contributed by atoms with Crippen molar-refractivity contribution in [2.45, 2.75) is 117 Å². The molecule has 0 radical (unpaired) electrons. The van der Waals surface area contributed by atoms with Crippen molar-refractivity contribution in [1.29, 1.82) is 0 Å². The molecule has 164 valence electrons. The molecular formula is C27H56. The predicted molar refractivity (Wildman–Crippen MR) is 132 cm³/mol. The number of rotatable bonds is 1. The van der Waals surface area contributed by atoms with Crippen molar-refractivity contribution in [2.24, 2.45) is 22.7 Å². The van der Waals surface area contributed by atoms with E-state index in [2.05, 4.69) is 107 Å². The van der Waals surface area contributed by atoms with Gasteiger partial charge in [0.25, 0.3) is 0 Å². The molecular weight excluding hydrogens is 324 g/mol. The quantitative estimate of drug-likeness (QED) is 0.454. The van der Waals surface area contributed by atoms with Crippen LogP contribution in [-0.4, -0.2) is 0 Å². The lowest BCUT2D eigenvalue weighted by molar-refractivity contribution is 0.233. The fourth-order valence-electron chi connectivity index (χ4n) is 2.25. The van der Waals surface area contributed by atoms with Gasteiger partial charge >= 0.3 is 0 Å². The zero-order valence-corrected chi connectivity index (χ0v) is 22.2. The number of hydrogen-bond donors (Lipinski definition) is 0. The van der Waals surface area contributed by atoms with Gasteiger partial charge in [-0.3, -0.25) is 0 Å². The van der Waals surface area contributed by atoms with E-state index in [9.17, 15) is 0 Å². The number of benzene rings is 1. The third-order valence-corrected chi connectivity index (χ3v) is 3.82. The molecule has 0 unspecified atom stereocenters. The Morgan fingerprint density at radius 2 is 0.815 bits per heavy atom. The van der Waals surface area contributed by atoms with Gasteiger partial charge in [-0.05, 0) is 54.1 Å². The third-order valence-electron chi connectivity index (χ3n) is 3.82. The standard InChI is InChI=1S/C9H20.C8H10.C6H14.2C2H6/c1-8(2,3)7-9(4,5)6;1-7-5-3-4-6-8(7)2;1-5(2)6(3)4;2*1-2/h7H2,1-6H3;3-6H,1-2H3;5-6H,1-4H3;2*1-2H3. The molecule has 0 aliphatic heterocycles. The normalized spacial score (nSPS) is 10.3. The second-order valence-corrected chi connectivity index (χ2v) is 9.87. The second kappa shape index (κ2) is 18.6. The first-order valence-corrected chi connectivity index (χ1v) is 11.2. The molecule has 0 saturated heterocycles. The van der Waals surface area contributed by atoms with Crippen LogP contribution in [0.5, 0.6) is 0 Å². The van der Waals surface area contributed by atoms with E-state index in [1.165, 1.54) is 17.5 Å². The Kier molecular flexibility index (Phi) is 23.2. The Morgan fingerprint density at radius 3 is 0.889 bits per heavy atom. The van der Waals surface area contributed by atoms with E-state index in [0.717, 1.165) is 11.8 Å². The van der Waals surface area contributed by atoms with Crippen LogP contribution >= 0.6 is 0 Å². The van der Waals surface area contributed by atoms with Crippen LogP contribution < -0.4 is 0 Å². The predicted octanol–water partition coefficient (Wildman–Crippen LogP) is 10.1. The molecule has 1 aromatic carbocycles. The maximum atomic E-state index is 2.29. The van der Waals surface area contributed by atoms with Crippen molar-refractivity contribution in [3.8, 4) is 0 Å². The zero-order chi connectivity index (χ0) is 22.8. The van der Waals surface area contributed by atoms with Crippen molar-refractivity contribution < 1.29 is 0 Å². The Hall–Kier alpha value is -0.780. The van der Waals surface area contributed by atoms with E-state index in [4.69, 9.17) is 0 Å². The van der Waals surface area contributed by atoms with E-state index in [1.54, 1.807) is 0 Å². The summed E-state index contributed by atoms with van der Waals surface area (Å²) >= 11 is 0. The molecule has 0 heterocycles. The average molecular weight is 381 g/mol. The summed E-state index contributed by atoms with van der Waals surface area (Å²) in [6.07, 6.45) is 1.29. The van der Waals surface area contributed by atoms with Crippen LogP contribution in [0.3, 0.4) is 0 Å². The molecule has 0 fully saturated rings. The number of aryl methyl sites for hydroxylation is 2. The molecule has 1 aromatic rings. The minimum atomic E-state index is 0.484. The molecule has 1 rings (SSSR count). The fraction of sp³-hybridized carbons (Fsp3) is 0.778. The van der Waals surface area contributed by atoms with Gasteiger partial charge < -0.3 is 0 Å². The fourth-order valence-corrected chi connectivity index (χ4v) is 2.25. The summed E-state index contributed by atoms with van der Waals surface area (Å²) < 4.78 is 0. The highest BCUT2D eigenvalue weighted by Gasteiger charge is 2.20. The average Bonchev–Trinajstić information content (AvgIpc) is 2.52. The van der Waals surface area contributed by atoms with Crippen LogP contribution in [0.1, 0.15) is 114 Å². The molecule has 0 aromatic heterocycles. The molecule has 0 atom stereocenters. The summed E-state index contributed by atoms with van der Waals surface area (Å²) in [6, 6.07) is 8.36. The highest BCUT2D eigenvalue weighted by molar-refractivity contribution is 5.23. The summed E-state index contributed by atoms with van der Waals surface area (Å²) in [5.74, 6) is 1.70. The molecule has 27 heavy (non-hydrogen) atoms. The highest BCUT2D eigenvalue weighted by atomic mass is 14.3. The molecule has 0 aliphatic carbocycles. The molecule has 0 amide bonds. The van der Waals surface area contributed by atoms with E-state index in [-0.39, 0.29) is 0 Å². The van der Waals surface area contributed by atoms with Gasteiger partial charge in [0.1, 0.15) is 0 Å². The van der Waals surface area contributed by atoms with Crippen LogP contribution in [0.4, 0.5) is 0 Å². The minimum absolute atomic E-state index is 0.484. The van der Waals surface area contributed by atoms with Crippen LogP contribution in [0.15, 0.2) is 24.3 Å². The van der Waals surface area contributed by atoms with Crippen LogP contribution in [0.25, 0.3) is 0 Å². The SMILES string of the molecule is CC.CC.CC(C)(C)CC(C)(C)C.CC(C)C(C)C.Cc1ccccc1C. The lowest BCUT2D eigenvalue weighted by atomic mass is 9.78. The maximum Gasteiger partial charge on any atom is -0.0378 e. The third kappa shape index (κ3) is 33.3. The summed E-state index contributed by atoms with van der Waals surface area (Å²) in [5.41, 5.74) is 3.70. The molecule has 0 aliphatic rings. The van der Waals surface area contributed by atoms with Crippen molar-refractivity contribution in [1.82, 2.24) is 0 Å². The van der Waals surface area contributed by atoms with E-state index < -0.39 is 0 Å². The van der Waals surface area contributed by atoms with Crippen molar-refractivity contribution >= 4 is 0 Å². The van der Waals surface area contributed by atoms with Gasteiger partial charge in [0.15, 0.2) is 0 Å². The Bertz CT molecular complexity index is 358. The molecule has 0 saturated carbocycles. The van der Waals surface area contributed by atoms with Gasteiger partial charge in [-0.1, -0.05) is 121 Å². The Balaban J connectivity index is -0.000000136. The van der Waals surface area contributed by atoms with Gasteiger partial charge in [0.05, 0.1) is 0 Å². The molecule has 0 N–H and O–H groups in total. The van der Waals surface area contributed by atoms with Gasteiger partial charge in [0.2, 0.25) is 0 Å². The largest absolute Gasteiger partial charge is 0.0683 e. The molecule has 0 heteroatoms. The van der Waals surface area contributed by atoms with Crippen LogP contribution in [0.2, 0.25) is 0 Å². The first-order chi connectivity index (χ1) is 12.2. The summed E-state index contributed by atoms with van der Waals surface area (Å²) in [6.45, 7) is 34.9. The van der Waals surface area contributed by atoms with Gasteiger partial charge in [-0.2, -0.15) is 0 Å². The van der Waals surface area contributed by atoms with E-state index in [0.29, 0.717) is 10.8 Å². The zero-order valence-electron chi connectivity index (χ0n) is 22.2. The van der Waals surface area contributed by atoms with E-state index in [1.807, 2.05) is 27.7 Å². The highest BCUT2D eigenvalue weighted by Crippen LogP contribution is 2.31. The number of hydrogen-bond acceptors (Lipinski definition) is 0. The molecule has 0 spiro atoms. The lowest BCUT2D eigenvalue weighted by Crippen LogP contribution is -2.16. The summed E-state index contributed by atoms with van der Waals surface area (Å²) in [7, 11) is 0. The van der Waals surface area contributed by atoms with Gasteiger partial charge in [0, 0.05) is 0 Å². The van der Waals surface area contributed by atoms with Crippen LogP contribution in [0, 0.1) is 36.5 Å².